The molecule has 2 rings (SSSR count). The van der Waals surface area contributed by atoms with Crippen molar-refractivity contribution in [3.63, 3.8) is 0 Å². The van der Waals surface area contributed by atoms with Crippen LogP contribution in [-0.2, 0) is 0 Å². The molecule has 0 spiro atoms. The summed E-state index contributed by atoms with van der Waals surface area (Å²) >= 11 is 5.53. The summed E-state index contributed by atoms with van der Waals surface area (Å²) in [4.78, 5) is 1.38. The van der Waals surface area contributed by atoms with E-state index in [4.69, 9.17) is 0 Å². The zero-order valence-corrected chi connectivity index (χ0v) is 13.7. The number of halogens is 1. The number of thioether (sulfide) groups is 1. The van der Waals surface area contributed by atoms with Crippen molar-refractivity contribution in [2.24, 2.45) is 11.8 Å². The highest BCUT2D eigenvalue weighted by Crippen LogP contribution is 2.39. The van der Waals surface area contributed by atoms with E-state index >= 15 is 0 Å². The Morgan fingerprint density at radius 3 is 2.44 bits per heavy atom. The van der Waals surface area contributed by atoms with Gasteiger partial charge in [0.2, 0.25) is 0 Å². The van der Waals surface area contributed by atoms with Crippen LogP contribution >= 0.6 is 27.7 Å². The van der Waals surface area contributed by atoms with Gasteiger partial charge in [0.05, 0.1) is 0 Å². The minimum atomic E-state index is 0.636. The van der Waals surface area contributed by atoms with Crippen LogP contribution in [-0.4, -0.2) is 18.3 Å². The van der Waals surface area contributed by atoms with E-state index in [2.05, 4.69) is 66.4 Å². The number of rotatable bonds is 3. The fourth-order valence-corrected chi connectivity index (χ4v) is 4.61. The predicted octanol–water partition coefficient (Wildman–Crippen LogP) is 4.56. The summed E-state index contributed by atoms with van der Waals surface area (Å²) < 4.78 is 1.15. The second-order valence-corrected chi connectivity index (χ2v) is 7.65. The summed E-state index contributed by atoms with van der Waals surface area (Å²) in [5.74, 6) is 1.62. The van der Waals surface area contributed by atoms with Gasteiger partial charge in [-0.1, -0.05) is 29.8 Å². The summed E-state index contributed by atoms with van der Waals surface area (Å²) in [6.07, 6.45) is 2.65. The molecule has 1 aliphatic rings. The molecule has 0 amide bonds. The topological polar surface area (TPSA) is 12.0 Å². The molecular weight excluding hydrogens is 306 g/mol. The number of nitrogens with one attached hydrogen (secondary N) is 1. The van der Waals surface area contributed by atoms with E-state index in [-0.39, 0.29) is 0 Å². The van der Waals surface area contributed by atoms with E-state index in [9.17, 15) is 0 Å². The Morgan fingerprint density at radius 2 is 1.83 bits per heavy atom. The van der Waals surface area contributed by atoms with E-state index in [0.717, 1.165) is 16.3 Å². The van der Waals surface area contributed by atoms with Crippen LogP contribution < -0.4 is 5.32 Å². The first-order valence-electron chi connectivity index (χ1n) is 6.69. The van der Waals surface area contributed by atoms with Crippen LogP contribution in [0, 0.1) is 11.8 Å². The molecule has 0 saturated heterocycles. The van der Waals surface area contributed by atoms with Crippen molar-refractivity contribution < 1.29 is 0 Å². The highest BCUT2D eigenvalue weighted by atomic mass is 79.9. The van der Waals surface area contributed by atoms with Gasteiger partial charge in [0.25, 0.3) is 0 Å². The van der Waals surface area contributed by atoms with Crippen LogP contribution in [0.2, 0.25) is 0 Å². The van der Waals surface area contributed by atoms with Crippen LogP contribution in [0.5, 0.6) is 0 Å². The van der Waals surface area contributed by atoms with Gasteiger partial charge >= 0.3 is 0 Å². The van der Waals surface area contributed by atoms with Gasteiger partial charge in [-0.3, -0.25) is 0 Å². The maximum atomic E-state index is 3.52. The Hall–Kier alpha value is 0.01000. The van der Waals surface area contributed by atoms with Crippen molar-refractivity contribution >= 4 is 27.7 Å². The summed E-state index contributed by atoms with van der Waals surface area (Å²) in [5.41, 5.74) is 0. The maximum absolute atomic E-state index is 3.52. The van der Waals surface area contributed by atoms with Crippen LogP contribution in [0.25, 0.3) is 0 Å². The monoisotopic (exact) mass is 327 g/mol. The Kier molecular flexibility index (Phi) is 5.16. The maximum Gasteiger partial charge on any atom is 0.0274 e. The molecule has 1 nitrogen and oxygen atoms in total. The zero-order valence-electron chi connectivity index (χ0n) is 11.3. The van der Waals surface area contributed by atoms with Crippen molar-refractivity contribution in [3.8, 4) is 0 Å². The van der Waals surface area contributed by atoms with Crippen molar-refractivity contribution in [2.75, 3.05) is 7.05 Å². The summed E-state index contributed by atoms with van der Waals surface area (Å²) in [7, 11) is 2.10. The summed E-state index contributed by atoms with van der Waals surface area (Å²) in [5, 5.41) is 4.20. The molecule has 3 heteroatoms. The van der Waals surface area contributed by atoms with Gasteiger partial charge in [-0.2, -0.15) is 0 Å². The molecule has 0 radical (unpaired) electrons. The molecule has 0 bridgehead atoms. The molecule has 100 valence electrons. The molecule has 1 aliphatic carbocycles. The van der Waals surface area contributed by atoms with Crippen molar-refractivity contribution in [1.82, 2.24) is 5.32 Å². The first kappa shape index (κ1) is 14.4. The fourth-order valence-electron chi connectivity index (χ4n) is 2.98. The fraction of sp³-hybridized carbons (Fsp3) is 0.600. The third-order valence-corrected chi connectivity index (χ3v) is 5.98. The molecule has 0 aliphatic heterocycles. The third-order valence-electron chi connectivity index (χ3n) is 3.84. The lowest BCUT2D eigenvalue weighted by atomic mass is 9.80. The summed E-state index contributed by atoms with van der Waals surface area (Å²) in [6, 6.07) is 9.33. The van der Waals surface area contributed by atoms with Crippen LogP contribution in [0.15, 0.2) is 33.6 Å². The van der Waals surface area contributed by atoms with Gasteiger partial charge in [0, 0.05) is 20.7 Å². The second-order valence-electron chi connectivity index (χ2n) is 5.49. The van der Waals surface area contributed by atoms with Crippen molar-refractivity contribution in [1.29, 1.82) is 0 Å². The number of hydrogen-bond donors (Lipinski definition) is 1. The zero-order chi connectivity index (χ0) is 13.1. The molecule has 18 heavy (non-hydrogen) atoms. The molecular formula is C15H22BrNS. The third kappa shape index (κ3) is 3.52. The van der Waals surface area contributed by atoms with Crippen molar-refractivity contribution in [2.45, 2.75) is 42.9 Å². The number of benzene rings is 1. The normalized spacial score (nSPS) is 32.4. The smallest absolute Gasteiger partial charge is 0.0274 e. The minimum Gasteiger partial charge on any atom is -0.316 e. The van der Waals surface area contributed by atoms with Crippen LogP contribution in [0.4, 0.5) is 0 Å². The molecule has 4 unspecified atom stereocenters. The number of hydrogen-bond acceptors (Lipinski definition) is 2. The molecule has 1 N–H and O–H groups in total. The molecule has 0 aromatic heterocycles. The van der Waals surface area contributed by atoms with E-state index in [1.807, 2.05) is 11.8 Å². The van der Waals surface area contributed by atoms with E-state index in [1.165, 1.54) is 17.7 Å². The first-order chi connectivity index (χ1) is 8.60. The van der Waals surface area contributed by atoms with E-state index in [1.54, 1.807) is 0 Å². The van der Waals surface area contributed by atoms with Gasteiger partial charge in [0.1, 0.15) is 0 Å². The quantitative estimate of drug-likeness (QED) is 0.873. The predicted molar refractivity (Wildman–Crippen MR) is 84.2 cm³/mol. The highest BCUT2D eigenvalue weighted by molar-refractivity contribution is 9.10. The largest absolute Gasteiger partial charge is 0.316 e. The van der Waals surface area contributed by atoms with Crippen LogP contribution in [0.1, 0.15) is 26.7 Å². The molecule has 1 saturated carbocycles. The Balaban J connectivity index is 2.08. The molecule has 1 fully saturated rings. The summed E-state index contributed by atoms with van der Waals surface area (Å²) in [6.45, 7) is 4.78. The molecule has 4 atom stereocenters. The molecule has 1 aromatic rings. The standard InChI is InChI=1S/C15H22BrNS/c1-10-8-11(2)15(14(9-10)17-3)18-13-6-4-12(16)5-7-13/h4-7,10-11,14-15,17H,8-9H2,1-3H3. The van der Waals surface area contributed by atoms with Crippen molar-refractivity contribution in [3.05, 3.63) is 28.7 Å². The SMILES string of the molecule is CNC1CC(C)CC(C)C1Sc1ccc(Br)cc1. The Labute approximate surface area is 123 Å². The van der Waals surface area contributed by atoms with Crippen LogP contribution in [0.3, 0.4) is 0 Å². The highest BCUT2D eigenvalue weighted by Gasteiger charge is 2.33. The Morgan fingerprint density at radius 1 is 1.17 bits per heavy atom. The van der Waals surface area contributed by atoms with Gasteiger partial charge in [-0.25, -0.2) is 0 Å². The molecule has 1 aromatic carbocycles. The minimum absolute atomic E-state index is 0.636. The second kappa shape index (κ2) is 6.44. The lowest BCUT2D eigenvalue weighted by Crippen LogP contribution is -2.44. The van der Waals surface area contributed by atoms with Gasteiger partial charge in [0.15, 0.2) is 0 Å². The molecule has 0 heterocycles. The average Bonchev–Trinajstić information content (AvgIpc) is 2.34. The lowest BCUT2D eigenvalue weighted by Gasteiger charge is -2.39. The van der Waals surface area contributed by atoms with E-state index in [0.29, 0.717) is 11.3 Å². The van der Waals surface area contributed by atoms with Gasteiger partial charge < -0.3 is 5.32 Å². The Bertz CT molecular complexity index is 379. The first-order valence-corrected chi connectivity index (χ1v) is 8.37. The lowest BCUT2D eigenvalue weighted by molar-refractivity contribution is 0.257. The van der Waals surface area contributed by atoms with E-state index < -0.39 is 0 Å². The van der Waals surface area contributed by atoms with Gasteiger partial charge in [-0.15, -0.1) is 11.8 Å². The average molecular weight is 328 g/mol. The van der Waals surface area contributed by atoms with Gasteiger partial charge in [-0.05, 0) is 56.0 Å².